The zero-order chi connectivity index (χ0) is 12.4. The lowest BCUT2D eigenvalue weighted by atomic mass is 10.2. The summed E-state index contributed by atoms with van der Waals surface area (Å²) in [5.41, 5.74) is 0.128. The van der Waals surface area contributed by atoms with E-state index in [0.717, 1.165) is 22.8 Å². The van der Waals surface area contributed by atoms with Crippen LogP contribution in [0.2, 0.25) is 0 Å². The van der Waals surface area contributed by atoms with Gasteiger partial charge in [-0.3, -0.25) is 14.2 Å². The highest BCUT2D eigenvalue weighted by molar-refractivity contribution is 5.98. The smallest absolute Gasteiger partial charge is 0.262 e. The Balaban J connectivity index is 2.44. The molecular weight excluding hydrogens is 228 g/mol. The fourth-order valence-corrected chi connectivity index (χ4v) is 1.44. The molecule has 17 heavy (non-hydrogen) atoms. The van der Waals surface area contributed by atoms with Gasteiger partial charge in [-0.15, -0.1) is 0 Å². The summed E-state index contributed by atoms with van der Waals surface area (Å²) in [7, 11) is 0. The minimum atomic E-state index is -1.10. The predicted molar refractivity (Wildman–Crippen MR) is 55.9 cm³/mol. The topological polar surface area (TPSA) is 39.1 Å². The van der Waals surface area contributed by atoms with Gasteiger partial charge in [-0.1, -0.05) is 0 Å². The number of carbonyl (C=O) groups excluding carboxylic acids is 2. The Hall–Kier alpha value is -2.30. The van der Waals surface area contributed by atoms with Crippen molar-refractivity contribution >= 4 is 12.2 Å². The Morgan fingerprint density at radius 1 is 1.18 bits per heavy atom. The Bertz CT molecular complexity index is 590. The molecule has 0 atom stereocenters. The minimum Gasteiger partial charge on any atom is -0.296 e. The van der Waals surface area contributed by atoms with E-state index in [4.69, 9.17) is 0 Å². The summed E-state index contributed by atoms with van der Waals surface area (Å²) in [5.74, 6) is -2.71. The van der Waals surface area contributed by atoms with E-state index < -0.39 is 17.5 Å². The molecule has 1 aromatic carbocycles. The highest BCUT2D eigenvalue weighted by atomic mass is 19.2. The zero-order valence-electron chi connectivity index (χ0n) is 8.56. The first-order valence-corrected chi connectivity index (χ1v) is 4.76. The number of aromatic nitrogens is 1. The number of halogens is 2. The maximum absolute atomic E-state index is 13.0. The summed E-state index contributed by atoms with van der Waals surface area (Å²) >= 11 is 0. The maximum Gasteiger partial charge on any atom is 0.262 e. The van der Waals surface area contributed by atoms with E-state index in [-0.39, 0.29) is 11.3 Å². The van der Waals surface area contributed by atoms with E-state index in [0.29, 0.717) is 6.29 Å². The number of rotatable bonds is 2. The lowest BCUT2D eigenvalue weighted by Crippen LogP contribution is -2.14. The molecule has 0 spiro atoms. The van der Waals surface area contributed by atoms with Crippen molar-refractivity contribution in [3.8, 4) is 0 Å². The minimum absolute atomic E-state index is 0.0248. The number of hydrogen-bond donors (Lipinski definition) is 0. The monoisotopic (exact) mass is 235 g/mol. The molecule has 0 amide bonds. The van der Waals surface area contributed by atoms with Gasteiger partial charge in [0, 0.05) is 11.8 Å². The van der Waals surface area contributed by atoms with E-state index in [1.807, 2.05) is 0 Å². The largest absolute Gasteiger partial charge is 0.296 e. The van der Waals surface area contributed by atoms with Crippen LogP contribution in [0.3, 0.4) is 0 Å². The molecule has 0 N–H and O–H groups in total. The van der Waals surface area contributed by atoms with Crippen molar-refractivity contribution in [1.29, 1.82) is 0 Å². The Morgan fingerprint density at radius 2 is 1.94 bits per heavy atom. The molecule has 86 valence electrons. The van der Waals surface area contributed by atoms with Crippen LogP contribution in [0, 0.1) is 11.6 Å². The number of carbonyl (C=O) groups is 2. The van der Waals surface area contributed by atoms with Gasteiger partial charge in [0.15, 0.2) is 17.9 Å². The van der Waals surface area contributed by atoms with E-state index >= 15 is 0 Å². The number of hydrogen-bond acceptors (Lipinski definition) is 2. The van der Waals surface area contributed by atoms with Crippen LogP contribution in [0.5, 0.6) is 0 Å². The second kappa shape index (κ2) is 4.29. The third-order valence-corrected chi connectivity index (χ3v) is 2.29. The molecule has 0 saturated carbocycles. The predicted octanol–water partition coefficient (Wildman–Crippen LogP) is 2.27. The van der Waals surface area contributed by atoms with Crippen molar-refractivity contribution in [3.05, 3.63) is 59.4 Å². The van der Waals surface area contributed by atoms with Crippen molar-refractivity contribution in [2.45, 2.75) is 0 Å². The van der Waals surface area contributed by atoms with Crippen LogP contribution in [0.1, 0.15) is 20.8 Å². The van der Waals surface area contributed by atoms with Gasteiger partial charge in [-0.05, 0) is 30.3 Å². The first-order chi connectivity index (χ1) is 8.13. The summed E-state index contributed by atoms with van der Waals surface area (Å²) in [6, 6.07) is 5.79. The van der Waals surface area contributed by atoms with Gasteiger partial charge in [0.1, 0.15) is 0 Å². The van der Waals surface area contributed by atoms with Gasteiger partial charge >= 0.3 is 0 Å². The normalized spacial score (nSPS) is 10.2. The van der Waals surface area contributed by atoms with E-state index in [1.165, 1.54) is 18.3 Å². The van der Waals surface area contributed by atoms with Gasteiger partial charge in [-0.2, -0.15) is 0 Å². The quantitative estimate of drug-likeness (QED) is 0.749. The molecule has 0 saturated heterocycles. The van der Waals surface area contributed by atoms with Crippen molar-refractivity contribution < 1.29 is 18.4 Å². The van der Waals surface area contributed by atoms with E-state index in [1.54, 1.807) is 0 Å². The van der Waals surface area contributed by atoms with E-state index in [2.05, 4.69) is 0 Å². The molecule has 1 aromatic heterocycles. The fraction of sp³-hybridized carbons (Fsp3) is 0. The molecule has 2 aromatic rings. The third-order valence-electron chi connectivity index (χ3n) is 2.29. The fourth-order valence-electron chi connectivity index (χ4n) is 1.44. The summed E-state index contributed by atoms with van der Waals surface area (Å²) < 4.78 is 26.7. The first-order valence-electron chi connectivity index (χ1n) is 4.76. The molecule has 0 aliphatic carbocycles. The number of nitrogens with zero attached hydrogens (tertiary/aromatic N) is 1. The molecular formula is C12H7F2NO2. The van der Waals surface area contributed by atoms with Gasteiger partial charge in [0.2, 0.25) is 0 Å². The van der Waals surface area contributed by atoms with Crippen LogP contribution in [0.25, 0.3) is 0 Å². The van der Waals surface area contributed by atoms with Crippen molar-refractivity contribution in [1.82, 2.24) is 4.57 Å². The van der Waals surface area contributed by atoms with Crippen LogP contribution >= 0.6 is 0 Å². The second-order valence-corrected chi connectivity index (χ2v) is 3.35. The van der Waals surface area contributed by atoms with Crippen LogP contribution in [0.4, 0.5) is 8.78 Å². The van der Waals surface area contributed by atoms with Gasteiger partial charge in [0.25, 0.3) is 5.91 Å². The molecule has 2 rings (SSSR count). The second-order valence-electron chi connectivity index (χ2n) is 3.35. The summed E-state index contributed by atoms with van der Waals surface area (Å²) in [6.45, 7) is 0. The first kappa shape index (κ1) is 11.2. The maximum atomic E-state index is 13.0. The zero-order valence-corrected chi connectivity index (χ0v) is 8.56. The lowest BCUT2D eigenvalue weighted by molar-refractivity contribution is 0.0946. The van der Waals surface area contributed by atoms with Crippen LogP contribution in [-0.2, 0) is 0 Å². The molecule has 0 radical (unpaired) electrons. The van der Waals surface area contributed by atoms with Gasteiger partial charge in [0.05, 0.1) is 5.69 Å². The average Bonchev–Trinajstić information content (AvgIpc) is 2.80. The Labute approximate surface area is 95.3 Å². The summed E-state index contributed by atoms with van der Waals surface area (Å²) in [5, 5.41) is 0. The Kier molecular flexibility index (Phi) is 2.82. The molecule has 0 fully saturated rings. The highest BCUT2D eigenvalue weighted by Gasteiger charge is 2.13. The lowest BCUT2D eigenvalue weighted by Gasteiger charge is -2.04. The van der Waals surface area contributed by atoms with Gasteiger partial charge in [-0.25, -0.2) is 8.78 Å². The SMILES string of the molecule is O=Cc1cccn1C(=O)c1ccc(F)c(F)c1. The number of benzene rings is 1. The molecule has 3 nitrogen and oxygen atoms in total. The molecule has 5 heteroatoms. The average molecular weight is 235 g/mol. The van der Waals surface area contributed by atoms with Crippen molar-refractivity contribution in [2.24, 2.45) is 0 Å². The molecule has 0 aliphatic heterocycles. The van der Waals surface area contributed by atoms with Gasteiger partial charge < -0.3 is 0 Å². The summed E-state index contributed by atoms with van der Waals surface area (Å²) in [6.07, 6.45) is 1.89. The molecule has 0 aliphatic rings. The standard InChI is InChI=1S/C12H7F2NO2/c13-10-4-3-8(6-11(10)14)12(17)15-5-1-2-9(15)7-16/h1-7H. The number of aldehydes is 1. The molecule has 0 bridgehead atoms. The van der Waals surface area contributed by atoms with Crippen molar-refractivity contribution in [3.63, 3.8) is 0 Å². The molecule has 0 unspecified atom stereocenters. The Morgan fingerprint density at radius 3 is 2.59 bits per heavy atom. The van der Waals surface area contributed by atoms with E-state index in [9.17, 15) is 18.4 Å². The van der Waals surface area contributed by atoms with Crippen LogP contribution < -0.4 is 0 Å². The van der Waals surface area contributed by atoms with Crippen LogP contribution in [0.15, 0.2) is 36.5 Å². The van der Waals surface area contributed by atoms with Crippen LogP contribution in [-0.4, -0.2) is 16.8 Å². The summed E-state index contributed by atoms with van der Waals surface area (Å²) in [4.78, 5) is 22.5. The molecule has 1 heterocycles. The highest BCUT2D eigenvalue weighted by Crippen LogP contribution is 2.11. The third kappa shape index (κ3) is 1.99. The van der Waals surface area contributed by atoms with Crippen molar-refractivity contribution in [2.75, 3.05) is 0 Å².